The molecule has 0 heterocycles. The number of amides is 1. The van der Waals surface area contributed by atoms with Crippen LogP contribution in [0.1, 0.15) is 0 Å². The van der Waals surface area contributed by atoms with Gasteiger partial charge in [-0.2, -0.15) is 0 Å². The van der Waals surface area contributed by atoms with E-state index in [1.165, 1.54) is 14.2 Å². The van der Waals surface area contributed by atoms with E-state index in [1.54, 1.807) is 48.5 Å². The van der Waals surface area contributed by atoms with Crippen LogP contribution in [0.15, 0.2) is 48.5 Å². The lowest BCUT2D eigenvalue weighted by Crippen LogP contribution is -2.37. The van der Waals surface area contributed by atoms with Gasteiger partial charge in [0.1, 0.15) is 6.54 Å². The Balaban J connectivity index is 2.17. The topological polar surface area (TPSA) is 84.9 Å². The Hall–Kier alpha value is -2.74. The minimum atomic E-state index is -3.60. The number of nitrogens with zero attached hydrogens (tertiary/aromatic N) is 1. The zero-order valence-corrected chi connectivity index (χ0v) is 15.0. The van der Waals surface area contributed by atoms with Crippen molar-refractivity contribution in [1.29, 1.82) is 0 Å². The smallest absolute Gasteiger partial charge is 0.245 e. The van der Waals surface area contributed by atoms with Gasteiger partial charge in [0.05, 0.1) is 26.2 Å². The van der Waals surface area contributed by atoms with Gasteiger partial charge in [0, 0.05) is 11.8 Å². The second kappa shape index (κ2) is 7.89. The molecule has 0 aliphatic rings. The molecule has 0 spiro atoms. The molecule has 0 atom stereocenters. The molecule has 25 heavy (non-hydrogen) atoms. The predicted molar refractivity (Wildman–Crippen MR) is 96.8 cm³/mol. The molecule has 0 aromatic heterocycles. The van der Waals surface area contributed by atoms with Crippen LogP contribution in [0.25, 0.3) is 0 Å². The Morgan fingerprint density at radius 1 is 1.04 bits per heavy atom. The predicted octanol–water partition coefficient (Wildman–Crippen LogP) is 2.11. The lowest BCUT2D eigenvalue weighted by molar-refractivity contribution is -0.114. The van der Waals surface area contributed by atoms with E-state index in [1.807, 2.05) is 0 Å². The highest BCUT2D eigenvalue weighted by molar-refractivity contribution is 7.92. The van der Waals surface area contributed by atoms with Crippen LogP contribution >= 0.6 is 0 Å². The summed E-state index contributed by atoms with van der Waals surface area (Å²) in [7, 11) is -0.597. The Morgan fingerprint density at radius 2 is 1.68 bits per heavy atom. The fourth-order valence-corrected chi connectivity index (χ4v) is 3.10. The van der Waals surface area contributed by atoms with Crippen LogP contribution in [-0.2, 0) is 14.8 Å². The van der Waals surface area contributed by atoms with E-state index in [4.69, 9.17) is 9.47 Å². The minimum Gasteiger partial charge on any atom is -0.493 e. The van der Waals surface area contributed by atoms with Gasteiger partial charge < -0.3 is 14.8 Å². The summed E-state index contributed by atoms with van der Waals surface area (Å²) in [6.07, 6.45) is 1.06. The molecule has 8 heteroatoms. The monoisotopic (exact) mass is 364 g/mol. The summed E-state index contributed by atoms with van der Waals surface area (Å²) in [5, 5.41) is 2.66. The quantitative estimate of drug-likeness (QED) is 0.813. The summed E-state index contributed by atoms with van der Waals surface area (Å²) >= 11 is 0. The molecule has 0 radical (unpaired) electrons. The number of carbonyl (C=O) groups excluding carboxylic acids is 1. The molecule has 0 saturated heterocycles. The third-order valence-corrected chi connectivity index (χ3v) is 4.54. The molecule has 2 aromatic carbocycles. The standard InChI is InChI=1S/C17H20N2O5S/c1-23-15-10-9-13(11-16(15)24-2)18-17(20)12-19(25(3,21)22)14-7-5-4-6-8-14/h4-11H,12H2,1-3H3,(H,18,20). The van der Waals surface area contributed by atoms with Crippen molar-refractivity contribution in [3.8, 4) is 11.5 Å². The van der Waals surface area contributed by atoms with E-state index in [2.05, 4.69) is 5.32 Å². The average Bonchev–Trinajstić information content (AvgIpc) is 2.59. The Morgan fingerprint density at radius 3 is 2.24 bits per heavy atom. The van der Waals surface area contributed by atoms with Crippen molar-refractivity contribution >= 4 is 27.3 Å². The van der Waals surface area contributed by atoms with E-state index in [0.717, 1.165) is 10.6 Å². The molecule has 1 amide bonds. The molecule has 0 saturated carbocycles. The van der Waals surface area contributed by atoms with Gasteiger partial charge in [-0.05, 0) is 24.3 Å². The zero-order valence-electron chi connectivity index (χ0n) is 14.2. The van der Waals surface area contributed by atoms with Gasteiger partial charge in [0.2, 0.25) is 15.9 Å². The normalized spacial score (nSPS) is 10.8. The maximum absolute atomic E-state index is 12.3. The molecule has 0 aliphatic carbocycles. The second-order valence-electron chi connectivity index (χ2n) is 5.22. The molecule has 7 nitrogen and oxygen atoms in total. The molecule has 134 valence electrons. The number of anilines is 2. The SMILES string of the molecule is COc1ccc(NC(=O)CN(c2ccccc2)S(C)(=O)=O)cc1OC. The van der Waals surface area contributed by atoms with Gasteiger partial charge in [-0.15, -0.1) is 0 Å². The van der Waals surface area contributed by atoms with E-state index in [-0.39, 0.29) is 6.54 Å². The maximum atomic E-state index is 12.3. The molecular formula is C17H20N2O5S. The first-order valence-electron chi connectivity index (χ1n) is 7.40. The fraction of sp³-hybridized carbons (Fsp3) is 0.235. The summed E-state index contributed by atoms with van der Waals surface area (Å²) in [6, 6.07) is 13.3. The van der Waals surface area contributed by atoms with Crippen LogP contribution in [0.2, 0.25) is 0 Å². The van der Waals surface area contributed by atoms with Gasteiger partial charge in [-0.25, -0.2) is 8.42 Å². The summed E-state index contributed by atoms with van der Waals surface area (Å²) in [5.41, 5.74) is 0.900. The largest absolute Gasteiger partial charge is 0.493 e. The summed E-state index contributed by atoms with van der Waals surface area (Å²) in [5.74, 6) is 0.521. The first-order valence-corrected chi connectivity index (χ1v) is 9.24. The number of para-hydroxylation sites is 1. The van der Waals surface area contributed by atoms with Crippen LogP contribution in [-0.4, -0.2) is 41.3 Å². The van der Waals surface area contributed by atoms with Crippen molar-refractivity contribution in [1.82, 2.24) is 0 Å². The molecular weight excluding hydrogens is 344 g/mol. The van der Waals surface area contributed by atoms with Gasteiger partial charge in [0.25, 0.3) is 0 Å². The number of carbonyl (C=O) groups is 1. The van der Waals surface area contributed by atoms with E-state index in [9.17, 15) is 13.2 Å². The van der Waals surface area contributed by atoms with E-state index in [0.29, 0.717) is 22.9 Å². The molecule has 2 aromatic rings. The molecule has 0 aliphatic heterocycles. The fourth-order valence-electron chi connectivity index (χ4n) is 2.24. The van der Waals surface area contributed by atoms with Crippen LogP contribution in [0.4, 0.5) is 11.4 Å². The Kier molecular flexibility index (Phi) is 5.87. The number of methoxy groups -OCH3 is 2. The minimum absolute atomic E-state index is 0.336. The van der Waals surface area contributed by atoms with Crippen LogP contribution < -0.4 is 19.1 Å². The van der Waals surface area contributed by atoms with Crippen molar-refractivity contribution in [3.05, 3.63) is 48.5 Å². The van der Waals surface area contributed by atoms with Gasteiger partial charge in [0.15, 0.2) is 11.5 Å². The number of benzene rings is 2. The van der Waals surface area contributed by atoms with E-state index < -0.39 is 15.9 Å². The lowest BCUT2D eigenvalue weighted by Gasteiger charge is -2.21. The highest BCUT2D eigenvalue weighted by Crippen LogP contribution is 2.29. The van der Waals surface area contributed by atoms with Crippen LogP contribution in [0.3, 0.4) is 0 Å². The molecule has 1 N–H and O–H groups in total. The van der Waals surface area contributed by atoms with Crippen molar-refractivity contribution in [2.75, 3.05) is 36.6 Å². The van der Waals surface area contributed by atoms with Crippen molar-refractivity contribution in [2.24, 2.45) is 0 Å². The number of hydrogen-bond acceptors (Lipinski definition) is 5. The number of hydrogen-bond donors (Lipinski definition) is 1. The zero-order chi connectivity index (χ0) is 18.4. The highest BCUT2D eigenvalue weighted by Gasteiger charge is 2.20. The van der Waals surface area contributed by atoms with Crippen molar-refractivity contribution in [2.45, 2.75) is 0 Å². The van der Waals surface area contributed by atoms with Crippen molar-refractivity contribution in [3.63, 3.8) is 0 Å². The maximum Gasteiger partial charge on any atom is 0.245 e. The number of sulfonamides is 1. The Labute approximate surface area is 147 Å². The third-order valence-electron chi connectivity index (χ3n) is 3.40. The van der Waals surface area contributed by atoms with Crippen molar-refractivity contribution < 1.29 is 22.7 Å². The number of nitrogens with one attached hydrogen (secondary N) is 1. The summed E-state index contributed by atoms with van der Waals surface area (Å²) in [4.78, 5) is 12.3. The highest BCUT2D eigenvalue weighted by atomic mass is 32.2. The lowest BCUT2D eigenvalue weighted by atomic mass is 10.2. The molecule has 0 bridgehead atoms. The van der Waals surface area contributed by atoms with E-state index >= 15 is 0 Å². The van der Waals surface area contributed by atoms with Gasteiger partial charge >= 0.3 is 0 Å². The molecule has 2 rings (SSSR count). The van der Waals surface area contributed by atoms with Gasteiger partial charge in [-0.1, -0.05) is 18.2 Å². The van der Waals surface area contributed by atoms with Crippen LogP contribution in [0.5, 0.6) is 11.5 Å². The number of ether oxygens (including phenoxy) is 2. The first kappa shape index (κ1) is 18.6. The molecule has 0 unspecified atom stereocenters. The second-order valence-corrected chi connectivity index (χ2v) is 7.13. The molecule has 0 fully saturated rings. The third kappa shape index (κ3) is 4.87. The first-order chi connectivity index (χ1) is 11.8. The summed E-state index contributed by atoms with van der Waals surface area (Å²) < 4.78 is 35.4. The summed E-state index contributed by atoms with van der Waals surface area (Å²) in [6.45, 7) is -0.336. The Bertz CT molecular complexity index is 837. The van der Waals surface area contributed by atoms with Crippen LogP contribution in [0, 0.1) is 0 Å². The average molecular weight is 364 g/mol. The number of rotatable bonds is 7. The van der Waals surface area contributed by atoms with Gasteiger partial charge in [-0.3, -0.25) is 9.10 Å².